The van der Waals surface area contributed by atoms with E-state index in [1.54, 1.807) is 0 Å². The van der Waals surface area contributed by atoms with Gasteiger partial charge in [0, 0.05) is 26.2 Å². The van der Waals surface area contributed by atoms with E-state index in [0.717, 1.165) is 24.2 Å². The summed E-state index contributed by atoms with van der Waals surface area (Å²) < 4.78 is 0. The van der Waals surface area contributed by atoms with Gasteiger partial charge in [-0.1, -0.05) is 66.6 Å². The Bertz CT molecular complexity index is 664. The highest BCUT2D eigenvalue weighted by Gasteiger charge is 2.46. The van der Waals surface area contributed by atoms with E-state index in [0.29, 0.717) is 13.1 Å². The molecular weight excluding hydrogens is 312 g/mol. The number of benzene rings is 2. The number of hydrogen-bond donors (Lipinski definition) is 2. The van der Waals surface area contributed by atoms with Gasteiger partial charge >= 0.3 is 0 Å². The fraction of sp³-hybridized carbons (Fsp3) is 0.333. The highest BCUT2D eigenvalue weighted by atomic mass is 16.3. The van der Waals surface area contributed by atoms with Crippen LogP contribution in [-0.4, -0.2) is 51.5 Å². The van der Waals surface area contributed by atoms with Crippen LogP contribution >= 0.6 is 0 Å². The fourth-order valence-corrected chi connectivity index (χ4v) is 3.51. The van der Waals surface area contributed by atoms with Gasteiger partial charge in [-0.25, -0.2) is 0 Å². The van der Waals surface area contributed by atoms with E-state index in [-0.39, 0.29) is 0 Å². The van der Waals surface area contributed by atoms with Crippen molar-refractivity contribution in [3.8, 4) is 12.3 Å². The fourth-order valence-electron chi connectivity index (χ4n) is 3.51. The van der Waals surface area contributed by atoms with Crippen LogP contribution in [0.1, 0.15) is 11.1 Å². The van der Waals surface area contributed by atoms with Crippen LogP contribution in [0, 0.1) is 12.3 Å². The molecule has 0 amide bonds. The van der Waals surface area contributed by atoms with Crippen LogP contribution < -0.4 is 0 Å². The highest BCUT2D eigenvalue weighted by Crippen LogP contribution is 2.28. The van der Waals surface area contributed by atoms with E-state index in [2.05, 4.69) is 40.0 Å². The van der Waals surface area contributed by atoms with Crippen molar-refractivity contribution >= 4 is 0 Å². The Morgan fingerprint density at radius 3 is 1.72 bits per heavy atom. The van der Waals surface area contributed by atoms with Gasteiger partial charge in [0.25, 0.3) is 0 Å². The standard InChI is InChI=1S/C21H24N2O2/c1-2-21(25,17-24)20-22(15-18-9-5-3-6-10-18)13-14-23(20)16-19-11-7-4-8-12-19/h1,3-12,20,24-25H,13-17H2. The summed E-state index contributed by atoms with van der Waals surface area (Å²) in [6, 6.07) is 20.2. The third kappa shape index (κ3) is 3.92. The summed E-state index contributed by atoms with van der Waals surface area (Å²) in [5.41, 5.74) is 0.720. The molecule has 2 aromatic rings. The predicted molar refractivity (Wildman–Crippen MR) is 98.4 cm³/mol. The minimum absolute atomic E-state index is 0.428. The second-order valence-corrected chi connectivity index (χ2v) is 6.51. The van der Waals surface area contributed by atoms with Crippen molar-refractivity contribution in [2.45, 2.75) is 24.9 Å². The molecule has 25 heavy (non-hydrogen) atoms. The number of hydrogen-bond acceptors (Lipinski definition) is 4. The molecular formula is C21H24N2O2. The summed E-state index contributed by atoms with van der Waals surface area (Å²) in [7, 11) is 0. The van der Waals surface area contributed by atoms with Crippen molar-refractivity contribution in [3.05, 3.63) is 71.8 Å². The van der Waals surface area contributed by atoms with Gasteiger partial charge in [-0.3, -0.25) is 9.80 Å². The van der Waals surface area contributed by atoms with E-state index in [4.69, 9.17) is 6.42 Å². The van der Waals surface area contributed by atoms with Gasteiger partial charge in [-0.05, 0) is 11.1 Å². The first kappa shape index (κ1) is 17.7. The average Bonchev–Trinajstić information content (AvgIpc) is 3.05. The summed E-state index contributed by atoms with van der Waals surface area (Å²) in [5, 5.41) is 20.6. The van der Waals surface area contributed by atoms with Crippen LogP contribution in [0.15, 0.2) is 60.7 Å². The molecule has 1 heterocycles. The number of rotatable bonds is 6. The Morgan fingerprint density at radius 1 is 0.920 bits per heavy atom. The van der Waals surface area contributed by atoms with Crippen LogP contribution in [0.2, 0.25) is 0 Å². The van der Waals surface area contributed by atoms with Gasteiger partial charge in [0.2, 0.25) is 0 Å². The zero-order chi connectivity index (χ0) is 17.7. The van der Waals surface area contributed by atoms with E-state index >= 15 is 0 Å². The van der Waals surface area contributed by atoms with Crippen molar-refractivity contribution in [2.24, 2.45) is 0 Å². The summed E-state index contributed by atoms with van der Waals surface area (Å²) in [6.45, 7) is 2.47. The van der Waals surface area contributed by atoms with E-state index < -0.39 is 18.4 Å². The lowest BCUT2D eigenvalue weighted by molar-refractivity contribution is -0.0772. The Hall–Kier alpha value is -2.16. The Labute approximate surface area is 149 Å². The van der Waals surface area contributed by atoms with Gasteiger partial charge in [0.15, 0.2) is 5.60 Å². The third-order valence-corrected chi connectivity index (χ3v) is 4.74. The highest BCUT2D eigenvalue weighted by molar-refractivity contribution is 5.20. The zero-order valence-electron chi connectivity index (χ0n) is 14.3. The molecule has 0 aromatic heterocycles. The molecule has 1 saturated heterocycles. The summed E-state index contributed by atoms with van der Waals surface area (Å²) in [4.78, 5) is 4.29. The van der Waals surface area contributed by atoms with Crippen LogP contribution in [0.4, 0.5) is 0 Å². The van der Waals surface area contributed by atoms with E-state index in [1.165, 1.54) is 0 Å². The molecule has 1 fully saturated rings. The lowest BCUT2D eigenvalue weighted by atomic mass is 10.00. The third-order valence-electron chi connectivity index (χ3n) is 4.74. The molecule has 2 N–H and O–H groups in total. The van der Waals surface area contributed by atoms with Crippen LogP contribution in [-0.2, 0) is 13.1 Å². The predicted octanol–water partition coefficient (Wildman–Crippen LogP) is 1.69. The molecule has 2 aromatic carbocycles. The molecule has 1 atom stereocenters. The Morgan fingerprint density at radius 2 is 1.36 bits per heavy atom. The first-order valence-corrected chi connectivity index (χ1v) is 8.53. The van der Waals surface area contributed by atoms with Crippen molar-refractivity contribution in [3.63, 3.8) is 0 Å². The normalized spacial score (nSPS) is 18.8. The molecule has 1 aliphatic heterocycles. The molecule has 1 aliphatic rings. The second-order valence-electron chi connectivity index (χ2n) is 6.51. The number of terminal acetylenes is 1. The maximum absolute atomic E-state index is 10.9. The molecule has 1 unspecified atom stereocenters. The molecule has 0 spiro atoms. The second kappa shape index (κ2) is 7.81. The monoisotopic (exact) mass is 336 g/mol. The maximum Gasteiger partial charge on any atom is 0.177 e. The molecule has 0 radical (unpaired) electrons. The Balaban J connectivity index is 1.84. The molecule has 0 aliphatic carbocycles. The van der Waals surface area contributed by atoms with Crippen molar-refractivity contribution in [1.82, 2.24) is 9.80 Å². The van der Waals surface area contributed by atoms with Gasteiger partial charge in [-0.2, -0.15) is 0 Å². The van der Waals surface area contributed by atoms with Crippen LogP contribution in [0.5, 0.6) is 0 Å². The molecule has 4 heteroatoms. The number of nitrogens with zero attached hydrogens (tertiary/aromatic N) is 2. The van der Waals surface area contributed by atoms with Crippen LogP contribution in [0.3, 0.4) is 0 Å². The topological polar surface area (TPSA) is 46.9 Å². The minimum Gasteiger partial charge on any atom is -0.392 e. The SMILES string of the molecule is C#CC(O)(CO)C1N(Cc2ccccc2)CCN1Cc1ccccc1. The van der Waals surface area contributed by atoms with Gasteiger partial charge < -0.3 is 10.2 Å². The average molecular weight is 336 g/mol. The van der Waals surface area contributed by atoms with Crippen molar-refractivity contribution in [1.29, 1.82) is 0 Å². The summed E-state index contributed by atoms with van der Waals surface area (Å²) in [6.07, 6.45) is 5.17. The minimum atomic E-state index is -1.60. The van der Waals surface area contributed by atoms with Crippen molar-refractivity contribution < 1.29 is 10.2 Å². The molecule has 0 bridgehead atoms. The lowest BCUT2D eigenvalue weighted by Crippen LogP contribution is -2.57. The summed E-state index contributed by atoms with van der Waals surface area (Å²) in [5.74, 6) is 2.42. The zero-order valence-corrected chi connectivity index (χ0v) is 14.3. The first-order valence-electron chi connectivity index (χ1n) is 8.53. The van der Waals surface area contributed by atoms with E-state index in [1.807, 2.05) is 36.4 Å². The Kier molecular flexibility index (Phi) is 5.52. The molecule has 3 rings (SSSR count). The lowest BCUT2D eigenvalue weighted by Gasteiger charge is -2.39. The molecule has 4 nitrogen and oxygen atoms in total. The van der Waals surface area contributed by atoms with Gasteiger partial charge in [-0.15, -0.1) is 6.42 Å². The largest absolute Gasteiger partial charge is 0.392 e. The molecule has 130 valence electrons. The number of aliphatic hydroxyl groups is 2. The maximum atomic E-state index is 10.9. The smallest absolute Gasteiger partial charge is 0.177 e. The van der Waals surface area contributed by atoms with Crippen molar-refractivity contribution in [2.75, 3.05) is 19.7 Å². The number of aliphatic hydroxyl groups excluding tert-OH is 1. The summed E-state index contributed by atoms with van der Waals surface area (Å²) >= 11 is 0. The molecule has 0 saturated carbocycles. The van der Waals surface area contributed by atoms with Gasteiger partial charge in [0.05, 0.1) is 6.61 Å². The van der Waals surface area contributed by atoms with E-state index in [9.17, 15) is 10.2 Å². The first-order chi connectivity index (χ1) is 12.2. The quantitative estimate of drug-likeness (QED) is 0.788. The van der Waals surface area contributed by atoms with Crippen LogP contribution in [0.25, 0.3) is 0 Å². The van der Waals surface area contributed by atoms with Gasteiger partial charge in [0.1, 0.15) is 6.17 Å².